The smallest absolute Gasteiger partial charge is 0.214 e. The standard InChI is InChI=1S/C34H54N4O3S2/c1-2-3-4-5-6-7-8-9-10-11-12-13-14-18-29-43(40,41)38-27-25-37(26-28-38)33-35-32(36-42-33)34(23-21-31(39)22-24-34)30-19-16-15-17-20-30/h15-17,19-20H,2-14,18,21-29H2,1H3. The molecule has 0 radical (unpaired) electrons. The van der Waals surface area contributed by atoms with Crippen molar-refractivity contribution in [1.29, 1.82) is 0 Å². The monoisotopic (exact) mass is 630 g/mol. The van der Waals surface area contributed by atoms with Crippen molar-refractivity contribution < 1.29 is 13.2 Å². The molecule has 1 aliphatic carbocycles. The first-order valence-corrected chi connectivity index (χ1v) is 19.5. The first kappa shape index (κ1) is 34.0. The Morgan fingerprint density at radius 2 is 1.30 bits per heavy atom. The molecule has 240 valence electrons. The molecule has 4 rings (SSSR count). The van der Waals surface area contributed by atoms with Gasteiger partial charge in [-0.05, 0) is 24.8 Å². The fraction of sp³-hybridized carbons (Fsp3) is 0.735. The Labute approximate surface area is 265 Å². The minimum Gasteiger partial charge on any atom is -0.344 e. The third-order valence-electron chi connectivity index (χ3n) is 9.49. The van der Waals surface area contributed by atoms with Crippen LogP contribution in [0.2, 0.25) is 0 Å². The first-order valence-electron chi connectivity index (χ1n) is 17.1. The van der Waals surface area contributed by atoms with E-state index in [2.05, 4.69) is 24.0 Å². The van der Waals surface area contributed by atoms with Crippen molar-refractivity contribution in [2.75, 3.05) is 36.8 Å². The lowest BCUT2D eigenvalue weighted by atomic mass is 9.68. The Bertz CT molecular complexity index is 1180. The summed E-state index contributed by atoms with van der Waals surface area (Å²) in [7, 11) is -3.23. The van der Waals surface area contributed by atoms with Crippen molar-refractivity contribution in [2.45, 2.75) is 128 Å². The molecule has 2 aliphatic rings. The number of rotatable bonds is 19. The number of anilines is 1. The zero-order valence-corrected chi connectivity index (χ0v) is 28.1. The van der Waals surface area contributed by atoms with Crippen LogP contribution in [0.1, 0.15) is 134 Å². The van der Waals surface area contributed by atoms with Gasteiger partial charge in [-0.3, -0.25) is 4.79 Å². The molecule has 0 spiro atoms. The normalized spacial score (nSPS) is 17.9. The molecule has 2 heterocycles. The van der Waals surface area contributed by atoms with Crippen LogP contribution in [0, 0.1) is 0 Å². The van der Waals surface area contributed by atoms with Gasteiger partial charge in [0.2, 0.25) is 15.2 Å². The van der Waals surface area contributed by atoms with Crippen molar-refractivity contribution in [3.05, 3.63) is 41.7 Å². The van der Waals surface area contributed by atoms with E-state index >= 15 is 0 Å². The average Bonchev–Trinajstić information content (AvgIpc) is 3.53. The number of ketones is 1. The van der Waals surface area contributed by atoms with Crippen molar-refractivity contribution in [1.82, 2.24) is 13.7 Å². The van der Waals surface area contributed by atoms with Crippen LogP contribution in [0.3, 0.4) is 0 Å². The van der Waals surface area contributed by atoms with E-state index in [9.17, 15) is 13.2 Å². The van der Waals surface area contributed by atoms with Gasteiger partial charge in [0, 0.05) is 50.6 Å². The third-order valence-corrected chi connectivity index (χ3v) is 12.2. The average molecular weight is 631 g/mol. The number of unbranched alkanes of at least 4 members (excludes halogenated alkanes) is 13. The van der Waals surface area contributed by atoms with Gasteiger partial charge in [0.1, 0.15) is 5.78 Å². The van der Waals surface area contributed by atoms with Gasteiger partial charge in [0.25, 0.3) is 0 Å². The molecule has 0 atom stereocenters. The van der Waals surface area contributed by atoms with Crippen molar-refractivity contribution in [3.8, 4) is 0 Å². The molecule has 2 fully saturated rings. The number of carbonyl (C=O) groups is 1. The van der Waals surface area contributed by atoms with E-state index < -0.39 is 10.0 Å². The van der Waals surface area contributed by atoms with Gasteiger partial charge in [-0.15, -0.1) is 0 Å². The molecule has 1 saturated carbocycles. The lowest BCUT2D eigenvalue weighted by Gasteiger charge is -2.35. The quantitative estimate of drug-likeness (QED) is 0.147. The zero-order chi connectivity index (χ0) is 30.4. The number of carbonyl (C=O) groups excluding carboxylic acids is 1. The molecule has 9 heteroatoms. The van der Waals surface area contributed by atoms with Gasteiger partial charge in [-0.25, -0.2) is 13.4 Å². The Hall–Kier alpha value is -1.84. The lowest BCUT2D eigenvalue weighted by molar-refractivity contribution is -0.121. The van der Waals surface area contributed by atoms with Gasteiger partial charge in [0.05, 0.1) is 11.2 Å². The fourth-order valence-electron chi connectivity index (χ4n) is 6.66. The fourth-order valence-corrected chi connectivity index (χ4v) is 9.01. The molecular weight excluding hydrogens is 577 g/mol. The number of aromatic nitrogens is 2. The van der Waals surface area contributed by atoms with Crippen LogP contribution in [0.5, 0.6) is 0 Å². The number of hydrogen-bond donors (Lipinski definition) is 0. The number of Topliss-reactive ketones (excluding diaryl/α,β-unsaturated/α-hetero) is 1. The lowest BCUT2D eigenvalue weighted by Crippen LogP contribution is -2.49. The van der Waals surface area contributed by atoms with Gasteiger partial charge in [0.15, 0.2) is 5.82 Å². The summed E-state index contributed by atoms with van der Waals surface area (Å²) in [5, 5.41) is 0.853. The van der Waals surface area contributed by atoms with E-state index in [4.69, 9.17) is 9.36 Å². The van der Waals surface area contributed by atoms with Crippen LogP contribution < -0.4 is 4.90 Å². The molecule has 0 N–H and O–H groups in total. The SMILES string of the molecule is CCCCCCCCCCCCCCCCS(=O)(=O)N1CCN(c2nc(C3(c4ccccc4)CCC(=O)CC3)ns2)CC1. The molecule has 0 unspecified atom stereocenters. The third kappa shape index (κ3) is 10.1. The number of sulfonamides is 1. The summed E-state index contributed by atoms with van der Waals surface area (Å²) in [5.74, 6) is 1.37. The van der Waals surface area contributed by atoms with E-state index in [0.29, 0.717) is 44.8 Å². The summed E-state index contributed by atoms with van der Waals surface area (Å²) in [6.07, 6.45) is 20.3. The summed E-state index contributed by atoms with van der Waals surface area (Å²) >= 11 is 1.40. The second kappa shape index (κ2) is 17.6. The molecule has 0 bridgehead atoms. The van der Waals surface area contributed by atoms with Gasteiger partial charge >= 0.3 is 0 Å². The molecule has 43 heavy (non-hydrogen) atoms. The number of hydrogen-bond acceptors (Lipinski definition) is 7. The van der Waals surface area contributed by atoms with E-state index in [1.165, 1.54) is 87.7 Å². The Morgan fingerprint density at radius 3 is 1.86 bits per heavy atom. The van der Waals surface area contributed by atoms with Crippen LogP contribution in [0.4, 0.5) is 5.13 Å². The van der Waals surface area contributed by atoms with E-state index in [-0.39, 0.29) is 11.2 Å². The first-order chi connectivity index (χ1) is 20.9. The van der Waals surface area contributed by atoms with E-state index in [1.807, 2.05) is 18.2 Å². The maximum atomic E-state index is 13.0. The maximum Gasteiger partial charge on any atom is 0.214 e. The summed E-state index contributed by atoms with van der Waals surface area (Å²) in [6.45, 7) is 4.51. The van der Waals surface area contributed by atoms with Crippen molar-refractivity contribution in [3.63, 3.8) is 0 Å². The highest BCUT2D eigenvalue weighted by atomic mass is 32.2. The Kier molecular flexibility index (Phi) is 13.9. The Morgan fingerprint density at radius 1 is 0.767 bits per heavy atom. The summed E-state index contributed by atoms with van der Waals surface area (Å²) < 4.78 is 32.6. The molecular formula is C34H54N4O3S2. The van der Waals surface area contributed by atoms with Gasteiger partial charge in [-0.2, -0.15) is 8.68 Å². The molecule has 1 aromatic carbocycles. The van der Waals surface area contributed by atoms with Crippen LogP contribution in [-0.4, -0.2) is 59.8 Å². The maximum absolute atomic E-state index is 13.0. The molecule has 1 saturated heterocycles. The highest BCUT2D eigenvalue weighted by Gasteiger charge is 2.41. The molecule has 1 aliphatic heterocycles. The summed E-state index contributed by atoms with van der Waals surface area (Å²) in [6, 6.07) is 10.3. The van der Waals surface area contributed by atoms with Crippen molar-refractivity contribution >= 4 is 32.5 Å². The second-order valence-corrected chi connectivity index (χ2v) is 15.5. The van der Waals surface area contributed by atoms with Gasteiger partial charge in [-0.1, -0.05) is 121 Å². The van der Waals surface area contributed by atoms with E-state index in [0.717, 1.165) is 43.1 Å². The van der Waals surface area contributed by atoms with Crippen LogP contribution in [0.15, 0.2) is 30.3 Å². The largest absolute Gasteiger partial charge is 0.344 e. The summed E-state index contributed by atoms with van der Waals surface area (Å²) in [5.41, 5.74) is 0.842. The van der Waals surface area contributed by atoms with Crippen LogP contribution >= 0.6 is 11.5 Å². The van der Waals surface area contributed by atoms with Crippen molar-refractivity contribution in [2.24, 2.45) is 0 Å². The predicted molar refractivity (Wildman–Crippen MR) is 178 cm³/mol. The molecule has 0 amide bonds. The molecule has 1 aromatic heterocycles. The van der Waals surface area contributed by atoms with Crippen LogP contribution in [0.25, 0.3) is 0 Å². The highest BCUT2D eigenvalue weighted by Crippen LogP contribution is 2.43. The number of benzene rings is 1. The number of piperazine rings is 1. The summed E-state index contributed by atoms with van der Waals surface area (Å²) in [4.78, 5) is 19.2. The topological polar surface area (TPSA) is 83.5 Å². The second-order valence-electron chi connectivity index (χ2n) is 12.7. The molecule has 7 nitrogen and oxygen atoms in total. The predicted octanol–water partition coefficient (Wildman–Crippen LogP) is 7.90. The van der Waals surface area contributed by atoms with Crippen LogP contribution in [-0.2, 0) is 20.2 Å². The van der Waals surface area contributed by atoms with Gasteiger partial charge < -0.3 is 4.90 Å². The molecule has 2 aromatic rings. The minimum absolute atomic E-state index is 0.256. The van der Waals surface area contributed by atoms with E-state index in [1.54, 1.807) is 4.31 Å². The number of nitrogens with zero attached hydrogens (tertiary/aromatic N) is 4. The Balaban J connectivity index is 1.14. The zero-order valence-electron chi connectivity index (χ0n) is 26.5. The highest BCUT2D eigenvalue weighted by molar-refractivity contribution is 7.89. The minimum atomic E-state index is -3.23.